The van der Waals surface area contributed by atoms with Gasteiger partial charge in [-0.2, -0.15) is 13.2 Å². The summed E-state index contributed by atoms with van der Waals surface area (Å²) in [7, 11) is 0. The number of carbonyl (C=O) groups is 1. The Morgan fingerprint density at radius 2 is 1.74 bits per heavy atom. The van der Waals surface area contributed by atoms with Crippen molar-refractivity contribution in [2.45, 2.75) is 25.6 Å². The molecule has 2 aromatic carbocycles. The Labute approximate surface area is 202 Å². The Morgan fingerprint density at radius 3 is 2.43 bits per heavy atom. The quantitative estimate of drug-likeness (QED) is 0.480. The van der Waals surface area contributed by atoms with E-state index < -0.39 is 11.7 Å². The van der Waals surface area contributed by atoms with Crippen molar-refractivity contribution in [3.8, 4) is 17.0 Å². The number of carbonyl (C=O) groups excluding carboxylic acids is 1. The van der Waals surface area contributed by atoms with Crippen LogP contribution in [0.2, 0.25) is 0 Å². The van der Waals surface area contributed by atoms with Crippen LogP contribution >= 0.6 is 0 Å². The molecule has 35 heavy (non-hydrogen) atoms. The largest absolute Gasteiger partial charge is 0.492 e. The Morgan fingerprint density at radius 1 is 1.00 bits per heavy atom. The molecule has 0 unspecified atom stereocenters. The van der Waals surface area contributed by atoms with Crippen molar-refractivity contribution in [1.82, 2.24) is 15.2 Å². The van der Waals surface area contributed by atoms with Crippen LogP contribution in [0.15, 0.2) is 72.9 Å². The number of piperidine rings is 1. The summed E-state index contributed by atoms with van der Waals surface area (Å²) < 4.78 is 47.7. The SMILES string of the molecule is O=C(C1CCNCC1)N(CCOc1ccccc1)Cc1cccc(C(F)(F)F)c1-c1ccccn1. The highest BCUT2D eigenvalue weighted by Gasteiger charge is 2.35. The average Bonchev–Trinajstić information content (AvgIpc) is 2.88. The fraction of sp³-hybridized carbons (Fsp3) is 0.333. The highest BCUT2D eigenvalue weighted by atomic mass is 19.4. The van der Waals surface area contributed by atoms with Gasteiger partial charge in [-0.3, -0.25) is 9.78 Å². The lowest BCUT2D eigenvalue weighted by molar-refractivity contribution is -0.137. The van der Waals surface area contributed by atoms with Crippen molar-refractivity contribution in [3.63, 3.8) is 0 Å². The number of hydrogen-bond acceptors (Lipinski definition) is 4. The minimum absolute atomic E-state index is 0.00712. The van der Waals surface area contributed by atoms with Gasteiger partial charge < -0.3 is 15.0 Å². The number of amides is 1. The number of rotatable bonds is 8. The molecule has 5 nitrogen and oxygen atoms in total. The number of ether oxygens (including phenoxy) is 1. The number of hydrogen-bond donors (Lipinski definition) is 1. The topological polar surface area (TPSA) is 54.5 Å². The second kappa shape index (κ2) is 11.4. The van der Waals surface area contributed by atoms with Gasteiger partial charge >= 0.3 is 6.18 Å². The Balaban J connectivity index is 1.64. The van der Waals surface area contributed by atoms with Crippen molar-refractivity contribution in [2.24, 2.45) is 5.92 Å². The van der Waals surface area contributed by atoms with E-state index in [4.69, 9.17) is 4.74 Å². The molecule has 2 heterocycles. The maximum Gasteiger partial charge on any atom is 0.417 e. The van der Waals surface area contributed by atoms with Crippen LogP contribution in [-0.2, 0) is 17.5 Å². The van der Waals surface area contributed by atoms with Crippen molar-refractivity contribution in [2.75, 3.05) is 26.2 Å². The zero-order chi connectivity index (χ0) is 24.7. The molecule has 0 radical (unpaired) electrons. The van der Waals surface area contributed by atoms with Crippen LogP contribution in [0.25, 0.3) is 11.3 Å². The molecule has 1 aliphatic heterocycles. The number of nitrogens with zero attached hydrogens (tertiary/aromatic N) is 2. The third kappa shape index (κ3) is 6.39. The Hall–Kier alpha value is -3.39. The second-order valence-corrected chi connectivity index (χ2v) is 8.50. The van der Waals surface area contributed by atoms with Crippen LogP contribution < -0.4 is 10.1 Å². The monoisotopic (exact) mass is 483 g/mol. The summed E-state index contributed by atoms with van der Waals surface area (Å²) in [6.07, 6.45) is -1.68. The smallest absolute Gasteiger partial charge is 0.417 e. The van der Waals surface area contributed by atoms with Gasteiger partial charge in [0.2, 0.25) is 5.91 Å². The van der Waals surface area contributed by atoms with E-state index in [0.29, 0.717) is 24.2 Å². The van der Waals surface area contributed by atoms with Gasteiger partial charge in [-0.1, -0.05) is 36.4 Å². The third-order valence-corrected chi connectivity index (χ3v) is 6.11. The molecule has 1 fully saturated rings. The molecule has 0 bridgehead atoms. The Bertz CT molecular complexity index is 1100. The number of alkyl halides is 3. The van der Waals surface area contributed by atoms with Crippen molar-refractivity contribution >= 4 is 5.91 Å². The molecule has 1 saturated heterocycles. The number of halogens is 3. The van der Waals surface area contributed by atoms with E-state index in [0.717, 1.165) is 19.2 Å². The van der Waals surface area contributed by atoms with Crippen molar-refractivity contribution in [1.29, 1.82) is 0 Å². The third-order valence-electron chi connectivity index (χ3n) is 6.11. The summed E-state index contributed by atoms with van der Waals surface area (Å²) in [6.45, 7) is 2.02. The van der Waals surface area contributed by atoms with Crippen LogP contribution in [0.3, 0.4) is 0 Å². The predicted octanol–water partition coefficient (Wildman–Crippen LogP) is 5.17. The van der Waals surface area contributed by atoms with Gasteiger partial charge in [0.25, 0.3) is 0 Å². The van der Waals surface area contributed by atoms with Crippen LogP contribution in [0.4, 0.5) is 13.2 Å². The van der Waals surface area contributed by atoms with Gasteiger partial charge in [0, 0.05) is 24.2 Å². The molecule has 8 heteroatoms. The molecule has 0 saturated carbocycles. The second-order valence-electron chi connectivity index (χ2n) is 8.50. The lowest BCUT2D eigenvalue weighted by atomic mass is 9.94. The van der Waals surface area contributed by atoms with E-state index in [-0.39, 0.29) is 42.8 Å². The van der Waals surface area contributed by atoms with Crippen LogP contribution in [-0.4, -0.2) is 42.0 Å². The number of aromatic nitrogens is 1. The molecule has 4 rings (SSSR count). The molecule has 0 spiro atoms. The van der Waals surface area contributed by atoms with Gasteiger partial charge in [-0.05, 0) is 61.8 Å². The first kappa shape index (κ1) is 24.7. The first-order valence-corrected chi connectivity index (χ1v) is 11.7. The summed E-state index contributed by atoms with van der Waals surface area (Å²) in [4.78, 5) is 19.3. The summed E-state index contributed by atoms with van der Waals surface area (Å²) in [5.74, 6) is 0.444. The lowest BCUT2D eigenvalue weighted by Crippen LogP contribution is -2.42. The van der Waals surface area contributed by atoms with Crippen LogP contribution in [0.5, 0.6) is 5.75 Å². The summed E-state index contributed by atoms with van der Waals surface area (Å²) in [5.41, 5.74) is -0.123. The van der Waals surface area contributed by atoms with E-state index >= 15 is 0 Å². The van der Waals surface area contributed by atoms with Crippen molar-refractivity contribution < 1.29 is 22.7 Å². The lowest BCUT2D eigenvalue weighted by Gasteiger charge is -2.30. The van der Waals surface area contributed by atoms with Crippen LogP contribution in [0, 0.1) is 5.92 Å². The molecule has 0 aliphatic carbocycles. The summed E-state index contributed by atoms with van der Waals surface area (Å²) >= 11 is 0. The molecular formula is C27H28F3N3O2. The van der Waals surface area contributed by atoms with Gasteiger partial charge in [0.1, 0.15) is 12.4 Å². The van der Waals surface area contributed by atoms with E-state index in [1.54, 1.807) is 29.2 Å². The summed E-state index contributed by atoms with van der Waals surface area (Å²) in [5, 5.41) is 3.25. The van der Waals surface area contributed by atoms with Crippen LogP contribution in [0.1, 0.15) is 24.0 Å². The molecule has 1 amide bonds. The molecular weight excluding hydrogens is 455 g/mol. The molecule has 3 aromatic rings. The highest BCUT2D eigenvalue weighted by Crippen LogP contribution is 2.39. The van der Waals surface area contributed by atoms with Gasteiger partial charge in [-0.15, -0.1) is 0 Å². The first-order valence-electron chi connectivity index (χ1n) is 11.7. The van der Waals surface area contributed by atoms with E-state index in [2.05, 4.69) is 10.3 Å². The number of pyridine rings is 1. The highest BCUT2D eigenvalue weighted by molar-refractivity contribution is 5.79. The number of benzene rings is 2. The average molecular weight is 484 g/mol. The zero-order valence-corrected chi connectivity index (χ0v) is 19.3. The number of para-hydroxylation sites is 1. The van der Waals surface area contributed by atoms with Crippen molar-refractivity contribution in [3.05, 3.63) is 84.1 Å². The first-order chi connectivity index (χ1) is 16.9. The molecule has 184 valence electrons. The number of nitrogens with one attached hydrogen (secondary N) is 1. The molecule has 0 atom stereocenters. The standard InChI is InChI=1S/C27H28F3N3O2/c28-27(29,30)23-10-6-7-21(25(23)24-11-4-5-14-32-24)19-33(26(34)20-12-15-31-16-13-20)17-18-35-22-8-2-1-3-9-22/h1-11,14,20,31H,12-13,15-19H2. The minimum Gasteiger partial charge on any atom is -0.492 e. The van der Waals surface area contributed by atoms with E-state index in [9.17, 15) is 18.0 Å². The van der Waals surface area contributed by atoms with Gasteiger partial charge in [-0.25, -0.2) is 0 Å². The fourth-order valence-electron chi connectivity index (χ4n) is 4.37. The molecule has 1 N–H and O–H groups in total. The maximum atomic E-state index is 14.0. The Kier molecular flexibility index (Phi) is 8.02. The summed E-state index contributed by atoms with van der Waals surface area (Å²) in [6, 6.07) is 18.2. The molecule has 1 aliphatic rings. The van der Waals surface area contributed by atoms with Gasteiger partial charge in [0.05, 0.1) is 17.8 Å². The van der Waals surface area contributed by atoms with E-state index in [1.807, 2.05) is 30.3 Å². The molecule has 1 aromatic heterocycles. The fourth-order valence-corrected chi connectivity index (χ4v) is 4.37. The maximum absolute atomic E-state index is 14.0. The van der Waals surface area contributed by atoms with E-state index in [1.165, 1.54) is 12.3 Å². The predicted molar refractivity (Wildman–Crippen MR) is 128 cm³/mol. The zero-order valence-electron chi connectivity index (χ0n) is 19.3. The van der Waals surface area contributed by atoms with Gasteiger partial charge in [0.15, 0.2) is 0 Å². The minimum atomic E-state index is -4.55. The normalized spacial score (nSPS) is 14.5.